The molecule has 4 nitrogen and oxygen atoms in total. The summed E-state index contributed by atoms with van der Waals surface area (Å²) in [5.41, 5.74) is 7.34. The van der Waals surface area contributed by atoms with Crippen LogP contribution in [0.5, 0.6) is 0 Å². The maximum absolute atomic E-state index is 11.3. The molecule has 2 fully saturated rings. The molecule has 1 aromatic carbocycles. The lowest BCUT2D eigenvalue weighted by molar-refractivity contribution is 0.0697. The average molecular weight is 246 g/mol. The first-order valence-electron chi connectivity index (χ1n) is 6.53. The molecule has 1 heterocycles. The van der Waals surface area contributed by atoms with Crippen LogP contribution in [0.15, 0.2) is 18.2 Å². The molecule has 2 unspecified atom stereocenters. The standard InChI is InChI=1S/C14H18N2O2/c15-11-4-5-13(12(6-11)14(17)18)16-7-9-2-1-3-10(9)8-16/h4-6,9-10H,1-3,7-8,15H2,(H,17,18). The summed E-state index contributed by atoms with van der Waals surface area (Å²) in [7, 11) is 0. The molecular formula is C14H18N2O2. The molecule has 96 valence electrons. The second-order valence-corrected chi connectivity index (χ2v) is 5.44. The van der Waals surface area contributed by atoms with Crippen molar-refractivity contribution >= 4 is 17.3 Å². The maximum Gasteiger partial charge on any atom is 0.337 e. The van der Waals surface area contributed by atoms with Crippen molar-refractivity contribution in [3.8, 4) is 0 Å². The lowest BCUT2D eigenvalue weighted by atomic mass is 10.0. The van der Waals surface area contributed by atoms with Crippen molar-refractivity contribution in [1.29, 1.82) is 0 Å². The minimum absolute atomic E-state index is 0.329. The Morgan fingerprint density at radius 3 is 2.56 bits per heavy atom. The second kappa shape index (κ2) is 4.19. The highest BCUT2D eigenvalue weighted by Gasteiger charge is 2.37. The molecule has 1 aliphatic heterocycles. The number of hydrogen-bond donors (Lipinski definition) is 2. The van der Waals surface area contributed by atoms with Crippen molar-refractivity contribution in [3.05, 3.63) is 23.8 Å². The Morgan fingerprint density at radius 1 is 1.28 bits per heavy atom. The lowest BCUT2D eigenvalue weighted by Gasteiger charge is -2.21. The smallest absolute Gasteiger partial charge is 0.337 e. The zero-order valence-corrected chi connectivity index (χ0v) is 10.3. The quantitative estimate of drug-likeness (QED) is 0.785. The molecule has 0 aromatic heterocycles. The fourth-order valence-corrected chi connectivity index (χ4v) is 3.43. The van der Waals surface area contributed by atoms with Crippen molar-refractivity contribution < 1.29 is 9.90 Å². The van der Waals surface area contributed by atoms with Gasteiger partial charge in [-0.15, -0.1) is 0 Å². The van der Waals surface area contributed by atoms with Crippen LogP contribution in [0.4, 0.5) is 11.4 Å². The van der Waals surface area contributed by atoms with E-state index in [9.17, 15) is 9.90 Å². The summed E-state index contributed by atoms with van der Waals surface area (Å²) >= 11 is 0. The van der Waals surface area contributed by atoms with Crippen LogP contribution in [0.3, 0.4) is 0 Å². The van der Waals surface area contributed by atoms with Crippen LogP contribution in [0.25, 0.3) is 0 Å². The van der Waals surface area contributed by atoms with Gasteiger partial charge >= 0.3 is 5.97 Å². The van der Waals surface area contributed by atoms with Gasteiger partial charge in [0, 0.05) is 18.8 Å². The molecule has 3 N–H and O–H groups in total. The first kappa shape index (κ1) is 11.4. The molecule has 3 rings (SSSR count). The molecule has 1 aromatic rings. The second-order valence-electron chi connectivity index (χ2n) is 5.44. The van der Waals surface area contributed by atoms with Crippen molar-refractivity contribution in [2.75, 3.05) is 23.7 Å². The molecule has 2 aliphatic rings. The van der Waals surface area contributed by atoms with Gasteiger partial charge in [0.15, 0.2) is 0 Å². The number of hydrogen-bond acceptors (Lipinski definition) is 3. The third-order valence-corrected chi connectivity index (χ3v) is 4.32. The largest absolute Gasteiger partial charge is 0.478 e. The summed E-state index contributed by atoms with van der Waals surface area (Å²) in [6.45, 7) is 1.99. The summed E-state index contributed by atoms with van der Waals surface area (Å²) in [5.74, 6) is 0.614. The first-order chi connectivity index (χ1) is 8.65. The number of rotatable bonds is 2. The van der Waals surface area contributed by atoms with E-state index in [4.69, 9.17) is 5.73 Å². The Kier molecular flexibility index (Phi) is 2.65. The molecule has 0 radical (unpaired) electrons. The van der Waals surface area contributed by atoms with E-state index in [2.05, 4.69) is 4.90 Å². The molecule has 2 atom stereocenters. The molecule has 0 bridgehead atoms. The molecule has 1 aliphatic carbocycles. The van der Waals surface area contributed by atoms with Crippen LogP contribution in [0.2, 0.25) is 0 Å². The monoisotopic (exact) mass is 246 g/mol. The highest BCUT2D eigenvalue weighted by atomic mass is 16.4. The predicted octanol–water partition coefficient (Wildman–Crippen LogP) is 2.20. The van der Waals surface area contributed by atoms with E-state index in [1.807, 2.05) is 6.07 Å². The van der Waals surface area contributed by atoms with Gasteiger partial charge in [-0.25, -0.2) is 4.79 Å². The number of carboxylic acids is 1. The van der Waals surface area contributed by atoms with Crippen LogP contribution in [-0.2, 0) is 0 Å². The van der Waals surface area contributed by atoms with Crippen molar-refractivity contribution in [2.24, 2.45) is 11.8 Å². The van der Waals surface area contributed by atoms with Crippen LogP contribution in [-0.4, -0.2) is 24.2 Å². The van der Waals surface area contributed by atoms with Crippen molar-refractivity contribution in [2.45, 2.75) is 19.3 Å². The number of fused-ring (bicyclic) bond motifs is 1. The zero-order valence-electron chi connectivity index (χ0n) is 10.3. The number of carboxylic acid groups (broad SMARTS) is 1. The fourth-order valence-electron chi connectivity index (χ4n) is 3.43. The van der Waals surface area contributed by atoms with E-state index in [1.54, 1.807) is 12.1 Å². The highest BCUT2D eigenvalue weighted by Crippen LogP contribution is 2.40. The number of nitrogens with two attached hydrogens (primary N) is 1. The number of anilines is 2. The van der Waals surface area contributed by atoms with E-state index in [0.29, 0.717) is 11.3 Å². The van der Waals surface area contributed by atoms with E-state index in [1.165, 1.54) is 19.3 Å². The molecule has 0 amide bonds. The van der Waals surface area contributed by atoms with Gasteiger partial charge in [0.1, 0.15) is 0 Å². The van der Waals surface area contributed by atoms with Gasteiger partial charge in [-0.3, -0.25) is 0 Å². The van der Waals surface area contributed by atoms with Gasteiger partial charge < -0.3 is 15.7 Å². The van der Waals surface area contributed by atoms with E-state index >= 15 is 0 Å². The average Bonchev–Trinajstić information content (AvgIpc) is 2.88. The van der Waals surface area contributed by atoms with Gasteiger partial charge in [-0.05, 0) is 42.9 Å². The SMILES string of the molecule is Nc1ccc(N2CC3CCCC3C2)c(C(=O)O)c1. The summed E-state index contributed by atoms with van der Waals surface area (Å²) in [6, 6.07) is 5.20. The summed E-state index contributed by atoms with van der Waals surface area (Å²) < 4.78 is 0. The molecule has 0 spiro atoms. The normalized spacial score (nSPS) is 26.3. The Bertz CT molecular complexity index is 475. The lowest BCUT2D eigenvalue weighted by Crippen LogP contribution is -2.23. The van der Waals surface area contributed by atoms with Crippen molar-refractivity contribution in [1.82, 2.24) is 0 Å². The third-order valence-electron chi connectivity index (χ3n) is 4.32. The predicted molar refractivity (Wildman–Crippen MR) is 70.9 cm³/mol. The Hall–Kier alpha value is -1.71. The zero-order chi connectivity index (χ0) is 12.7. The number of carbonyl (C=O) groups is 1. The number of aromatic carboxylic acids is 1. The van der Waals surface area contributed by atoms with Crippen LogP contribution >= 0.6 is 0 Å². The van der Waals surface area contributed by atoms with Crippen LogP contribution < -0.4 is 10.6 Å². The molecule has 18 heavy (non-hydrogen) atoms. The molecule has 4 heteroatoms. The van der Waals surface area contributed by atoms with Crippen LogP contribution in [0, 0.1) is 11.8 Å². The number of nitrogens with zero attached hydrogens (tertiary/aromatic N) is 1. The van der Waals surface area contributed by atoms with Gasteiger partial charge in [0.2, 0.25) is 0 Å². The van der Waals surface area contributed by atoms with Gasteiger partial charge in [-0.1, -0.05) is 6.42 Å². The van der Waals surface area contributed by atoms with E-state index in [-0.39, 0.29) is 0 Å². The number of nitrogen functional groups attached to an aromatic ring is 1. The number of benzene rings is 1. The highest BCUT2D eigenvalue weighted by molar-refractivity contribution is 5.95. The molecule has 1 saturated heterocycles. The van der Waals surface area contributed by atoms with E-state index < -0.39 is 5.97 Å². The minimum atomic E-state index is -0.894. The third kappa shape index (κ3) is 1.82. The van der Waals surface area contributed by atoms with Crippen molar-refractivity contribution in [3.63, 3.8) is 0 Å². The van der Waals surface area contributed by atoms with E-state index in [0.717, 1.165) is 30.6 Å². The Morgan fingerprint density at radius 2 is 1.94 bits per heavy atom. The Balaban J connectivity index is 1.90. The summed E-state index contributed by atoms with van der Waals surface area (Å²) in [5, 5.41) is 9.27. The molecule has 1 saturated carbocycles. The fraction of sp³-hybridized carbons (Fsp3) is 0.500. The minimum Gasteiger partial charge on any atom is -0.478 e. The molecular weight excluding hydrogens is 228 g/mol. The van der Waals surface area contributed by atoms with Gasteiger partial charge in [0.25, 0.3) is 0 Å². The van der Waals surface area contributed by atoms with Gasteiger partial charge in [0.05, 0.1) is 11.3 Å². The topological polar surface area (TPSA) is 66.6 Å². The van der Waals surface area contributed by atoms with Crippen LogP contribution in [0.1, 0.15) is 29.6 Å². The maximum atomic E-state index is 11.3. The Labute approximate surface area is 106 Å². The van der Waals surface area contributed by atoms with Gasteiger partial charge in [-0.2, -0.15) is 0 Å². The summed E-state index contributed by atoms with van der Waals surface area (Å²) in [6.07, 6.45) is 3.91. The summed E-state index contributed by atoms with van der Waals surface area (Å²) in [4.78, 5) is 13.5. The first-order valence-corrected chi connectivity index (χ1v) is 6.53.